The third kappa shape index (κ3) is 4.63. The number of carbonyl (C=O) groups excluding carboxylic acids is 1. The Morgan fingerprint density at radius 2 is 1.96 bits per heavy atom. The summed E-state index contributed by atoms with van der Waals surface area (Å²) in [5.74, 6) is -0.139. The van der Waals surface area contributed by atoms with Crippen molar-refractivity contribution in [3.8, 4) is 5.75 Å². The topological polar surface area (TPSA) is 84.5 Å². The van der Waals surface area contributed by atoms with Gasteiger partial charge in [0.05, 0.1) is 7.11 Å². The van der Waals surface area contributed by atoms with Crippen molar-refractivity contribution < 1.29 is 17.9 Å². The van der Waals surface area contributed by atoms with Crippen LogP contribution in [0.25, 0.3) is 6.08 Å². The monoisotopic (exact) mass is 394 g/mol. The zero-order valence-electron chi connectivity index (χ0n) is 14.5. The molecule has 2 N–H and O–H groups in total. The second-order valence-corrected chi connectivity index (χ2v) is 7.61. The van der Waals surface area contributed by atoms with E-state index in [2.05, 4.69) is 10.0 Å². The van der Waals surface area contributed by atoms with Gasteiger partial charge in [0.25, 0.3) is 0 Å². The SMILES string of the molecule is CNS(=O)(=O)c1cc(/C=C/C(=O)Nc2cccc(Cl)c2C)ccc1OC. The number of hydrogen-bond acceptors (Lipinski definition) is 4. The van der Waals surface area contributed by atoms with E-state index in [4.69, 9.17) is 16.3 Å². The molecule has 0 aliphatic rings. The second kappa shape index (κ2) is 8.35. The van der Waals surface area contributed by atoms with E-state index in [1.54, 1.807) is 31.2 Å². The Hall–Kier alpha value is -2.35. The highest BCUT2D eigenvalue weighted by molar-refractivity contribution is 7.89. The molecule has 26 heavy (non-hydrogen) atoms. The van der Waals surface area contributed by atoms with Gasteiger partial charge in [0.1, 0.15) is 10.6 Å². The van der Waals surface area contributed by atoms with Crippen molar-refractivity contribution >= 4 is 39.3 Å². The molecule has 0 saturated heterocycles. The minimum atomic E-state index is -3.69. The van der Waals surface area contributed by atoms with Gasteiger partial charge in [-0.2, -0.15) is 0 Å². The molecule has 2 rings (SSSR count). The fraction of sp³-hybridized carbons (Fsp3) is 0.167. The first kappa shape index (κ1) is 20.0. The molecule has 0 heterocycles. The van der Waals surface area contributed by atoms with Gasteiger partial charge >= 0.3 is 0 Å². The predicted molar refractivity (Wildman–Crippen MR) is 103 cm³/mol. The minimum absolute atomic E-state index is 0.00394. The lowest BCUT2D eigenvalue weighted by molar-refractivity contribution is -0.111. The zero-order valence-corrected chi connectivity index (χ0v) is 16.1. The van der Waals surface area contributed by atoms with Crippen LogP contribution in [-0.4, -0.2) is 28.5 Å². The summed E-state index contributed by atoms with van der Waals surface area (Å²) in [7, 11) is -0.978. The van der Waals surface area contributed by atoms with Crippen molar-refractivity contribution in [3.63, 3.8) is 0 Å². The van der Waals surface area contributed by atoms with Gasteiger partial charge in [0.2, 0.25) is 15.9 Å². The van der Waals surface area contributed by atoms with Gasteiger partial charge in [-0.15, -0.1) is 0 Å². The Kier molecular flexibility index (Phi) is 6.42. The van der Waals surface area contributed by atoms with Crippen LogP contribution < -0.4 is 14.8 Å². The van der Waals surface area contributed by atoms with Crippen LogP contribution in [0.5, 0.6) is 5.75 Å². The van der Waals surface area contributed by atoms with E-state index < -0.39 is 10.0 Å². The first-order chi connectivity index (χ1) is 12.3. The van der Waals surface area contributed by atoms with Crippen molar-refractivity contribution in [2.45, 2.75) is 11.8 Å². The Labute approximate surface area is 157 Å². The number of benzene rings is 2. The molecule has 0 bridgehead atoms. The molecule has 0 atom stereocenters. The van der Waals surface area contributed by atoms with Crippen LogP contribution in [-0.2, 0) is 14.8 Å². The first-order valence-electron chi connectivity index (χ1n) is 7.64. The molecule has 0 aliphatic carbocycles. The lowest BCUT2D eigenvalue weighted by Gasteiger charge is -2.09. The molecule has 0 fully saturated rings. The van der Waals surface area contributed by atoms with Gasteiger partial charge < -0.3 is 10.1 Å². The first-order valence-corrected chi connectivity index (χ1v) is 9.50. The third-order valence-corrected chi connectivity index (χ3v) is 5.54. The summed E-state index contributed by atoms with van der Waals surface area (Å²) < 4.78 is 31.5. The van der Waals surface area contributed by atoms with Crippen molar-refractivity contribution in [2.24, 2.45) is 0 Å². The summed E-state index contributed by atoms with van der Waals surface area (Å²) in [5, 5.41) is 3.29. The Morgan fingerprint density at radius 1 is 1.23 bits per heavy atom. The van der Waals surface area contributed by atoms with E-state index in [-0.39, 0.29) is 16.6 Å². The van der Waals surface area contributed by atoms with Gasteiger partial charge in [0, 0.05) is 16.8 Å². The van der Waals surface area contributed by atoms with E-state index in [0.29, 0.717) is 16.3 Å². The van der Waals surface area contributed by atoms with Crippen LogP contribution >= 0.6 is 11.6 Å². The number of ether oxygens (including phenoxy) is 1. The Morgan fingerprint density at radius 3 is 2.62 bits per heavy atom. The molecular formula is C18H19ClN2O4S. The molecule has 0 radical (unpaired) electrons. The molecule has 1 amide bonds. The lowest BCUT2D eigenvalue weighted by Crippen LogP contribution is -2.19. The van der Waals surface area contributed by atoms with E-state index in [1.807, 2.05) is 0 Å². The van der Waals surface area contributed by atoms with Crippen LogP contribution in [0.4, 0.5) is 5.69 Å². The molecule has 0 spiro atoms. The molecule has 0 unspecified atom stereocenters. The number of nitrogens with one attached hydrogen (secondary N) is 2. The maximum Gasteiger partial charge on any atom is 0.248 e. The summed E-state index contributed by atoms with van der Waals surface area (Å²) in [6.45, 7) is 1.81. The molecule has 8 heteroatoms. The maximum absolute atomic E-state index is 12.1. The number of halogens is 1. The smallest absolute Gasteiger partial charge is 0.248 e. The number of anilines is 1. The van der Waals surface area contributed by atoms with Crippen LogP contribution in [0.15, 0.2) is 47.4 Å². The quantitative estimate of drug-likeness (QED) is 0.737. The summed E-state index contributed by atoms with van der Waals surface area (Å²) in [5.41, 5.74) is 1.92. The highest BCUT2D eigenvalue weighted by Crippen LogP contribution is 2.25. The molecule has 0 aliphatic heterocycles. The molecule has 2 aromatic rings. The second-order valence-electron chi connectivity index (χ2n) is 5.35. The number of sulfonamides is 1. The van der Waals surface area contributed by atoms with Gasteiger partial charge in [-0.05, 0) is 55.4 Å². The standard InChI is InChI=1S/C18H19ClN2O4S/c1-12-14(19)5-4-6-15(12)21-18(22)10-8-13-7-9-16(25-3)17(11-13)26(23,24)20-2/h4-11,20H,1-3H3,(H,21,22)/b10-8+. The van der Waals surface area contributed by atoms with Crippen LogP contribution in [0.1, 0.15) is 11.1 Å². The van der Waals surface area contributed by atoms with Gasteiger partial charge in [0.15, 0.2) is 0 Å². The average Bonchev–Trinajstić information content (AvgIpc) is 2.63. The summed E-state index contributed by atoms with van der Waals surface area (Å²) in [6.07, 6.45) is 2.83. The number of carbonyl (C=O) groups is 1. The van der Waals surface area contributed by atoms with E-state index >= 15 is 0 Å². The largest absolute Gasteiger partial charge is 0.495 e. The van der Waals surface area contributed by atoms with E-state index in [1.165, 1.54) is 38.4 Å². The molecule has 138 valence electrons. The highest BCUT2D eigenvalue weighted by atomic mass is 35.5. The molecule has 0 aromatic heterocycles. The lowest BCUT2D eigenvalue weighted by atomic mass is 10.2. The molecule has 6 nitrogen and oxygen atoms in total. The molecule has 2 aromatic carbocycles. The summed E-state index contributed by atoms with van der Waals surface area (Å²) in [4.78, 5) is 12.1. The number of amides is 1. The summed E-state index contributed by atoms with van der Waals surface area (Å²) >= 11 is 6.03. The normalized spacial score (nSPS) is 11.5. The van der Waals surface area contributed by atoms with Crippen molar-refractivity contribution in [1.29, 1.82) is 0 Å². The van der Waals surface area contributed by atoms with Crippen LogP contribution in [0.3, 0.4) is 0 Å². The van der Waals surface area contributed by atoms with Crippen molar-refractivity contribution in [1.82, 2.24) is 4.72 Å². The highest BCUT2D eigenvalue weighted by Gasteiger charge is 2.17. The summed E-state index contributed by atoms with van der Waals surface area (Å²) in [6, 6.07) is 9.85. The minimum Gasteiger partial charge on any atom is -0.495 e. The van der Waals surface area contributed by atoms with Gasteiger partial charge in [-0.1, -0.05) is 23.7 Å². The molecule has 0 saturated carbocycles. The van der Waals surface area contributed by atoms with Crippen molar-refractivity contribution in [2.75, 3.05) is 19.5 Å². The number of methoxy groups -OCH3 is 1. The molecular weight excluding hydrogens is 376 g/mol. The number of hydrogen-bond donors (Lipinski definition) is 2. The third-order valence-electron chi connectivity index (χ3n) is 3.70. The van der Waals surface area contributed by atoms with E-state index in [9.17, 15) is 13.2 Å². The fourth-order valence-electron chi connectivity index (χ4n) is 2.21. The zero-order chi connectivity index (χ0) is 19.3. The van der Waals surface area contributed by atoms with E-state index in [0.717, 1.165) is 5.56 Å². The van der Waals surface area contributed by atoms with Crippen molar-refractivity contribution in [3.05, 3.63) is 58.6 Å². The van der Waals surface area contributed by atoms with Gasteiger partial charge in [-0.3, -0.25) is 4.79 Å². The predicted octanol–water partition coefficient (Wildman–Crippen LogP) is 3.22. The Bertz CT molecular complexity index is 956. The average molecular weight is 395 g/mol. The van der Waals surface area contributed by atoms with Crippen LogP contribution in [0, 0.1) is 6.92 Å². The number of rotatable bonds is 6. The Balaban J connectivity index is 2.23. The fourth-order valence-corrected chi connectivity index (χ4v) is 3.31. The maximum atomic E-state index is 12.1. The van der Waals surface area contributed by atoms with Gasteiger partial charge in [-0.25, -0.2) is 13.1 Å². The van der Waals surface area contributed by atoms with Crippen LogP contribution in [0.2, 0.25) is 5.02 Å².